The Hall–Kier alpha value is -4.02. The minimum absolute atomic E-state index is 0.106. The van der Waals surface area contributed by atoms with Crippen LogP contribution in [0.25, 0.3) is 34.1 Å². The molecule has 10 nitrogen and oxygen atoms in total. The second-order valence-corrected chi connectivity index (χ2v) is 11.6. The fourth-order valence-electron chi connectivity index (χ4n) is 5.60. The van der Waals surface area contributed by atoms with Gasteiger partial charge in [0.05, 0.1) is 12.1 Å². The Labute approximate surface area is 241 Å². The van der Waals surface area contributed by atoms with Crippen molar-refractivity contribution in [3.8, 4) is 22.9 Å². The van der Waals surface area contributed by atoms with E-state index in [-0.39, 0.29) is 18.3 Å². The molecule has 0 bridgehead atoms. The summed E-state index contributed by atoms with van der Waals surface area (Å²) in [7, 11) is 0. The van der Waals surface area contributed by atoms with Crippen LogP contribution in [0.3, 0.4) is 0 Å². The summed E-state index contributed by atoms with van der Waals surface area (Å²) in [5.74, 6) is 1.32. The van der Waals surface area contributed by atoms with Gasteiger partial charge in [0.25, 0.3) is 0 Å². The molecule has 41 heavy (non-hydrogen) atoms. The van der Waals surface area contributed by atoms with Crippen molar-refractivity contribution in [2.24, 2.45) is 11.8 Å². The summed E-state index contributed by atoms with van der Waals surface area (Å²) >= 11 is 6.41. The lowest BCUT2D eigenvalue weighted by Gasteiger charge is -2.31. The predicted octanol–water partition coefficient (Wildman–Crippen LogP) is 5.64. The molecule has 1 unspecified atom stereocenters. The van der Waals surface area contributed by atoms with Crippen LogP contribution in [0.4, 0.5) is 5.95 Å². The maximum atomic E-state index is 11.7. The van der Waals surface area contributed by atoms with Crippen molar-refractivity contribution >= 4 is 28.7 Å². The molecule has 0 aliphatic heterocycles. The summed E-state index contributed by atoms with van der Waals surface area (Å²) in [6, 6.07) is 17.2. The lowest BCUT2D eigenvalue weighted by molar-refractivity contribution is 0.222. The Morgan fingerprint density at radius 1 is 1.10 bits per heavy atom. The Morgan fingerprint density at radius 3 is 2.56 bits per heavy atom. The summed E-state index contributed by atoms with van der Waals surface area (Å²) < 4.78 is 6.87. The van der Waals surface area contributed by atoms with Gasteiger partial charge in [-0.05, 0) is 49.3 Å². The summed E-state index contributed by atoms with van der Waals surface area (Å²) in [5, 5.41) is 18.5. The number of H-pyrrole nitrogens is 1. The van der Waals surface area contributed by atoms with Gasteiger partial charge in [0.15, 0.2) is 5.65 Å². The van der Waals surface area contributed by atoms with E-state index < -0.39 is 11.3 Å². The number of halogens is 1. The minimum Gasteiger partial charge on any atom is -0.394 e. The minimum atomic E-state index is -0.814. The first kappa shape index (κ1) is 27.2. The maximum Gasteiger partial charge on any atom is 0.439 e. The standard InChI is InChI=1S/C30H32ClN7O3/c1-18-11-13-19(14-12-18)16-38-24-23(20-7-6-10-22(31)15-20)32-26(27-35-29(40)41-37-27)33-25(24)34-28(38)36-30(2,17-39)21-8-4-3-5-9-21/h3-10,15,18-19,39H,11-14,16-17H2,1-2H3,(H,35,37,40)(H,32,33,34,36). The Bertz CT molecular complexity index is 1720. The van der Waals surface area contributed by atoms with Gasteiger partial charge in [0, 0.05) is 17.1 Å². The van der Waals surface area contributed by atoms with Crippen LogP contribution < -0.4 is 11.1 Å². The van der Waals surface area contributed by atoms with E-state index in [0.29, 0.717) is 34.8 Å². The first-order valence-corrected chi connectivity index (χ1v) is 14.3. The van der Waals surface area contributed by atoms with E-state index >= 15 is 0 Å². The van der Waals surface area contributed by atoms with Crippen molar-refractivity contribution in [2.45, 2.75) is 51.6 Å². The molecule has 3 heterocycles. The van der Waals surface area contributed by atoms with Gasteiger partial charge >= 0.3 is 5.76 Å². The second-order valence-electron chi connectivity index (χ2n) is 11.2. The fraction of sp³-hybridized carbons (Fsp3) is 0.367. The lowest BCUT2D eigenvalue weighted by Crippen LogP contribution is -2.37. The summed E-state index contributed by atoms with van der Waals surface area (Å²) in [5.41, 5.74) is 2.65. The zero-order chi connectivity index (χ0) is 28.6. The number of benzene rings is 2. The highest BCUT2D eigenvalue weighted by atomic mass is 35.5. The van der Waals surface area contributed by atoms with Crippen LogP contribution in [0.1, 0.15) is 45.1 Å². The van der Waals surface area contributed by atoms with E-state index in [1.54, 1.807) is 6.07 Å². The number of anilines is 1. The number of hydrogen-bond acceptors (Lipinski definition) is 8. The average molecular weight is 574 g/mol. The molecule has 0 radical (unpaired) electrons. The van der Waals surface area contributed by atoms with Crippen LogP contribution in [0.2, 0.25) is 5.02 Å². The molecule has 0 amide bonds. The topological polar surface area (TPSA) is 135 Å². The Balaban J connectivity index is 1.57. The highest BCUT2D eigenvalue weighted by molar-refractivity contribution is 6.30. The van der Waals surface area contributed by atoms with Crippen LogP contribution in [-0.2, 0) is 12.1 Å². The molecule has 2 aromatic carbocycles. The molecule has 1 fully saturated rings. The van der Waals surface area contributed by atoms with Gasteiger partial charge < -0.3 is 15.0 Å². The molecule has 1 aliphatic rings. The van der Waals surface area contributed by atoms with E-state index in [4.69, 9.17) is 31.1 Å². The van der Waals surface area contributed by atoms with E-state index in [1.165, 1.54) is 12.8 Å². The van der Waals surface area contributed by atoms with E-state index in [0.717, 1.165) is 35.4 Å². The van der Waals surface area contributed by atoms with Gasteiger partial charge in [-0.15, -0.1) is 0 Å². The number of aromatic amines is 1. The van der Waals surface area contributed by atoms with Gasteiger partial charge in [-0.2, -0.15) is 4.98 Å². The maximum absolute atomic E-state index is 11.7. The van der Waals surface area contributed by atoms with Crippen molar-refractivity contribution < 1.29 is 9.63 Å². The van der Waals surface area contributed by atoms with Crippen LogP contribution in [0.15, 0.2) is 63.9 Å². The normalized spacial score (nSPS) is 18.8. The molecule has 3 aromatic heterocycles. The summed E-state index contributed by atoms with van der Waals surface area (Å²) in [6.45, 7) is 4.81. The zero-order valence-corrected chi connectivity index (χ0v) is 23.7. The lowest BCUT2D eigenvalue weighted by atomic mass is 9.83. The van der Waals surface area contributed by atoms with Crippen molar-refractivity contribution in [2.75, 3.05) is 11.9 Å². The number of fused-ring (bicyclic) bond motifs is 1. The second kappa shape index (κ2) is 11.1. The quantitative estimate of drug-likeness (QED) is 0.217. The number of aliphatic hydroxyl groups excluding tert-OH is 1. The molecule has 11 heteroatoms. The number of imidazole rings is 1. The van der Waals surface area contributed by atoms with Crippen LogP contribution in [-0.4, -0.2) is 41.4 Å². The van der Waals surface area contributed by atoms with Gasteiger partial charge in [0.1, 0.15) is 11.2 Å². The number of nitrogens with one attached hydrogen (secondary N) is 2. The van der Waals surface area contributed by atoms with Crippen molar-refractivity contribution in [3.63, 3.8) is 0 Å². The van der Waals surface area contributed by atoms with E-state index in [2.05, 4.69) is 26.9 Å². The third-order valence-electron chi connectivity index (χ3n) is 8.04. The number of nitrogens with zero attached hydrogens (tertiary/aromatic N) is 5. The molecular weight excluding hydrogens is 542 g/mol. The first-order chi connectivity index (χ1) is 19.8. The monoisotopic (exact) mass is 573 g/mol. The smallest absolute Gasteiger partial charge is 0.394 e. The largest absolute Gasteiger partial charge is 0.439 e. The number of aliphatic hydroxyl groups is 1. The molecule has 0 saturated heterocycles. The van der Waals surface area contributed by atoms with Crippen LogP contribution in [0, 0.1) is 11.8 Å². The molecule has 6 rings (SSSR count). The summed E-state index contributed by atoms with van der Waals surface area (Å²) in [4.78, 5) is 28.8. The SMILES string of the molecule is CC1CCC(Cn2c(NC(C)(CO)c3ccccc3)nc3nc(-c4noc(=O)[nH]4)nc(-c4cccc(Cl)c4)c32)CC1. The van der Waals surface area contributed by atoms with Crippen LogP contribution in [0.5, 0.6) is 0 Å². The van der Waals surface area contributed by atoms with Crippen molar-refractivity contribution in [3.05, 3.63) is 75.7 Å². The first-order valence-electron chi connectivity index (χ1n) is 13.9. The van der Waals surface area contributed by atoms with Crippen LogP contribution >= 0.6 is 11.6 Å². The molecule has 1 aliphatic carbocycles. The third-order valence-corrected chi connectivity index (χ3v) is 8.28. The van der Waals surface area contributed by atoms with Gasteiger partial charge in [-0.3, -0.25) is 9.51 Å². The Kier molecular flexibility index (Phi) is 7.35. The average Bonchev–Trinajstić information content (AvgIpc) is 3.57. The number of rotatable bonds is 8. The highest BCUT2D eigenvalue weighted by Crippen LogP contribution is 2.37. The highest BCUT2D eigenvalue weighted by Gasteiger charge is 2.31. The van der Waals surface area contributed by atoms with Gasteiger partial charge in [-0.1, -0.05) is 79.0 Å². The molecule has 1 saturated carbocycles. The molecule has 5 aromatic rings. The third kappa shape index (κ3) is 5.49. The molecule has 1 atom stereocenters. The molecular formula is C30H32ClN7O3. The van der Waals surface area contributed by atoms with Gasteiger partial charge in [0.2, 0.25) is 17.6 Å². The van der Waals surface area contributed by atoms with Crippen molar-refractivity contribution in [1.29, 1.82) is 0 Å². The number of hydrogen-bond donors (Lipinski definition) is 3. The van der Waals surface area contributed by atoms with E-state index in [1.807, 2.05) is 55.5 Å². The molecule has 212 valence electrons. The fourth-order valence-corrected chi connectivity index (χ4v) is 5.79. The molecule has 0 spiro atoms. The Morgan fingerprint density at radius 2 is 1.88 bits per heavy atom. The van der Waals surface area contributed by atoms with Crippen molar-refractivity contribution in [1.82, 2.24) is 29.7 Å². The molecule has 3 N–H and O–H groups in total. The van der Waals surface area contributed by atoms with Gasteiger partial charge in [-0.25, -0.2) is 14.8 Å². The number of aromatic nitrogens is 6. The zero-order valence-electron chi connectivity index (χ0n) is 23.0. The van der Waals surface area contributed by atoms with E-state index in [9.17, 15) is 9.90 Å². The predicted molar refractivity (Wildman–Crippen MR) is 158 cm³/mol. The summed E-state index contributed by atoms with van der Waals surface area (Å²) in [6.07, 6.45) is 4.59.